The molecule has 12 aromatic rings. The number of nitrogens with zero attached hydrogens (tertiary/aromatic N) is 4. The Kier molecular flexibility index (Phi) is 7.15. The van der Waals surface area contributed by atoms with Crippen LogP contribution in [-0.4, -0.2) is 18.3 Å². The normalized spacial score (nSPS) is 17.9. The molecule has 0 saturated carbocycles. The molecule has 316 valence electrons. The Hall–Kier alpha value is -8.86. The SMILES string of the molecule is C1=CC2=C(n3c4ccccc4c4ccccc43)C=C(n3c4ccccc4c4ccccc43)C3=CC=C4C(=C1C(n1c5ccccc5c5ccccc51)=CC4n1c4ccccc4c4ccccc41)C32. The maximum atomic E-state index is 2.62. The zero-order valence-corrected chi connectivity index (χ0v) is 36.9. The molecule has 0 N–H and O–H groups in total. The van der Waals surface area contributed by atoms with Crippen LogP contribution in [0.15, 0.2) is 258 Å². The molecule has 0 aliphatic heterocycles. The van der Waals surface area contributed by atoms with Crippen LogP contribution in [0.3, 0.4) is 0 Å². The maximum Gasteiger partial charge on any atom is 0.0802 e. The summed E-state index contributed by atoms with van der Waals surface area (Å²) >= 11 is 0. The fraction of sp³-hybridized carbons (Fsp3) is 0.0312. The molecule has 4 aromatic heterocycles. The molecule has 4 aliphatic rings. The van der Waals surface area contributed by atoms with E-state index in [0.29, 0.717) is 0 Å². The molecule has 0 saturated heterocycles. The van der Waals surface area contributed by atoms with E-state index in [4.69, 9.17) is 0 Å². The van der Waals surface area contributed by atoms with Crippen LogP contribution in [0.4, 0.5) is 0 Å². The van der Waals surface area contributed by atoms with Gasteiger partial charge in [0.15, 0.2) is 0 Å². The fourth-order valence-corrected chi connectivity index (χ4v) is 12.8. The van der Waals surface area contributed by atoms with E-state index >= 15 is 0 Å². The summed E-state index contributed by atoms with van der Waals surface area (Å²) in [6, 6.07) is 71.5. The zero-order chi connectivity index (χ0) is 44.2. The first-order chi connectivity index (χ1) is 33.8. The predicted molar refractivity (Wildman–Crippen MR) is 284 cm³/mol. The summed E-state index contributed by atoms with van der Waals surface area (Å²) in [6.07, 6.45) is 14.9. The molecule has 4 heterocycles. The molecular weight excluding hydrogens is 825 g/mol. The predicted octanol–water partition coefficient (Wildman–Crippen LogP) is 16.0. The standard InChI is InChI=1S/C64H40N4/c1-9-25-51-39(17-1)40-18-2-10-26-52(40)65(51)59-37-60(66-53-27-11-3-19-41(53)42-20-4-12-28-54(42)66)48-35-36-50-62(68-57-31-15-7-23-45(57)46-24-8-16-32-58(46)68)38-61(49-34-33-47(59)63(48)64(49)50)67-55-29-13-5-21-43(55)44-22-6-14-30-56(44)67/h1-38,59,64H. The number of hydrogen-bond donors (Lipinski definition) is 0. The highest BCUT2D eigenvalue weighted by atomic mass is 15.1. The van der Waals surface area contributed by atoms with Crippen LogP contribution >= 0.6 is 0 Å². The van der Waals surface area contributed by atoms with Gasteiger partial charge in [0.05, 0.1) is 56.2 Å². The first-order valence-electron chi connectivity index (χ1n) is 23.8. The lowest BCUT2D eigenvalue weighted by molar-refractivity contribution is 0.694. The summed E-state index contributed by atoms with van der Waals surface area (Å²) in [5.74, 6) is -0.0720. The molecule has 0 bridgehead atoms. The minimum Gasteiger partial charge on any atom is -0.329 e. The third-order valence-corrected chi connectivity index (χ3v) is 15.5. The molecule has 8 aromatic carbocycles. The largest absolute Gasteiger partial charge is 0.329 e. The first-order valence-corrected chi connectivity index (χ1v) is 23.8. The van der Waals surface area contributed by atoms with Crippen LogP contribution in [0.5, 0.6) is 0 Å². The molecule has 0 fully saturated rings. The smallest absolute Gasteiger partial charge is 0.0802 e. The van der Waals surface area contributed by atoms with Crippen LogP contribution in [0.25, 0.3) is 104 Å². The molecule has 2 atom stereocenters. The van der Waals surface area contributed by atoms with E-state index in [1.807, 2.05) is 0 Å². The van der Waals surface area contributed by atoms with Gasteiger partial charge in [-0.05, 0) is 83.0 Å². The summed E-state index contributed by atoms with van der Waals surface area (Å²) in [7, 11) is 0. The van der Waals surface area contributed by atoms with Gasteiger partial charge < -0.3 is 18.3 Å². The molecule has 0 amide bonds. The summed E-state index contributed by atoms with van der Waals surface area (Å²) in [6.45, 7) is 0. The second-order valence-electron chi connectivity index (χ2n) is 18.7. The summed E-state index contributed by atoms with van der Waals surface area (Å²) in [4.78, 5) is 0. The van der Waals surface area contributed by atoms with Crippen LogP contribution in [0.2, 0.25) is 0 Å². The molecule has 16 rings (SSSR count). The van der Waals surface area contributed by atoms with Crippen molar-refractivity contribution < 1.29 is 0 Å². The van der Waals surface area contributed by atoms with Gasteiger partial charge >= 0.3 is 0 Å². The van der Waals surface area contributed by atoms with Crippen LogP contribution in [-0.2, 0) is 0 Å². The molecule has 0 radical (unpaired) electrons. The van der Waals surface area contributed by atoms with E-state index in [9.17, 15) is 0 Å². The van der Waals surface area contributed by atoms with Gasteiger partial charge in [-0.3, -0.25) is 0 Å². The van der Waals surface area contributed by atoms with E-state index in [-0.39, 0.29) is 12.0 Å². The summed E-state index contributed by atoms with van der Waals surface area (Å²) < 4.78 is 10.3. The molecular formula is C64H40N4. The van der Waals surface area contributed by atoms with Gasteiger partial charge in [-0.15, -0.1) is 0 Å². The monoisotopic (exact) mass is 864 g/mol. The Morgan fingerprint density at radius 2 is 0.676 bits per heavy atom. The van der Waals surface area contributed by atoms with Gasteiger partial charge in [0, 0.05) is 65.6 Å². The maximum absolute atomic E-state index is 2.62. The van der Waals surface area contributed by atoms with Crippen molar-refractivity contribution in [3.8, 4) is 0 Å². The Morgan fingerprint density at radius 3 is 1.12 bits per heavy atom. The molecule has 0 spiro atoms. The number of benzene rings is 8. The van der Waals surface area contributed by atoms with Crippen LogP contribution < -0.4 is 0 Å². The highest BCUT2D eigenvalue weighted by Crippen LogP contribution is 2.58. The van der Waals surface area contributed by atoms with E-state index in [1.165, 1.54) is 132 Å². The van der Waals surface area contributed by atoms with Gasteiger partial charge in [-0.2, -0.15) is 0 Å². The Balaban J connectivity index is 1.06. The van der Waals surface area contributed by atoms with Crippen LogP contribution in [0, 0.1) is 5.92 Å². The Labute approximate surface area is 391 Å². The van der Waals surface area contributed by atoms with E-state index in [0.717, 1.165) is 0 Å². The van der Waals surface area contributed by atoms with Gasteiger partial charge in [-0.25, -0.2) is 0 Å². The summed E-state index contributed by atoms with van der Waals surface area (Å²) in [5, 5.41) is 10.1. The second-order valence-corrected chi connectivity index (χ2v) is 18.7. The average molecular weight is 865 g/mol. The van der Waals surface area contributed by atoms with E-state index in [2.05, 4.69) is 249 Å². The number of para-hydroxylation sites is 8. The van der Waals surface area contributed by atoms with Crippen molar-refractivity contribution in [3.05, 3.63) is 258 Å². The van der Waals surface area contributed by atoms with Crippen molar-refractivity contribution in [2.75, 3.05) is 0 Å². The summed E-state index contributed by atoms with van der Waals surface area (Å²) in [5.41, 5.74) is 19.9. The number of aromatic nitrogens is 4. The van der Waals surface area contributed by atoms with Gasteiger partial charge in [0.1, 0.15) is 0 Å². The van der Waals surface area contributed by atoms with Gasteiger partial charge in [-0.1, -0.05) is 170 Å². The van der Waals surface area contributed by atoms with Crippen LogP contribution in [0.1, 0.15) is 6.04 Å². The molecule has 4 nitrogen and oxygen atoms in total. The molecule has 68 heavy (non-hydrogen) atoms. The number of hydrogen-bond acceptors (Lipinski definition) is 0. The first kappa shape index (κ1) is 36.4. The number of rotatable bonds is 4. The van der Waals surface area contributed by atoms with E-state index < -0.39 is 0 Å². The molecule has 4 aliphatic carbocycles. The van der Waals surface area contributed by atoms with Crippen molar-refractivity contribution in [1.82, 2.24) is 18.3 Å². The lowest BCUT2D eigenvalue weighted by Gasteiger charge is -2.43. The van der Waals surface area contributed by atoms with Gasteiger partial charge in [0.25, 0.3) is 0 Å². The second kappa shape index (κ2) is 13.4. The quantitative estimate of drug-likeness (QED) is 0.168. The minimum atomic E-state index is -0.113. The van der Waals surface area contributed by atoms with Crippen molar-refractivity contribution >= 4 is 104 Å². The Bertz CT molecular complexity index is 4280. The highest BCUT2D eigenvalue weighted by Gasteiger charge is 2.44. The average Bonchev–Trinajstić information content (AvgIpc) is 4.13. The van der Waals surface area contributed by atoms with Crippen molar-refractivity contribution in [1.29, 1.82) is 0 Å². The number of fused-ring (bicyclic) bond motifs is 12. The Morgan fingerprint density at radius 1 is 0.324 bits per heavy atom. The topological polar surface area (TPSA) is 19.7 Å². The zero-order valence-electron chi connectivity index (χ0n) is 36.9. The fourth-order valence-electron chi connectivity index (χ4n) is 12.8. The van der Waals surface area contributed by atoms with Crippen molar-refractivity contribution in [2.45, 2.75) is 6.04 Å². The lowest BCUT2D eigenvalue weighted by Crippen LogP contribution is -2.30. The third-order valence-electron chi connectivity index (χ3n) is 15.5. The minimum absolute atomic E-state index is 0.0720. The van der Waals surface area contributed by atoms with Gasteiger partial charge in [0.2, 0.25) is 0 Å². The molecule has 4 heteroatoms. The van der Waals surface area contributed by atoms with E-state index in [1.54, 1.807) is 0 Å². The highest BCUT2D eigenvalue weighted by molar-refractivity contribution is 6.15. The lowest BCUT2D eigenvalue weighted by atomic mass is 9.66. The van der Waals surface area contributed by atoms with Crippen molar-refractivity contribution in [3.63, 3.8) is 0 Å². The number of allylic oxidation sites excluding steroid dienone is 14. The molecule has 2 unspecified atom stereocenters. The third kappa shape index (κ3) is 4.63. The van der Waals surface area contributed by atoms with Crippen molar-refractivity contribution in [2.24, 2.45) is 5.92 Å².